The molecule has 3 aromatic carbocycles. The highest BCUT2D eigenvalue weighted by Crippen LogP contribution is 2.55. The molecule has 1 aromatic heterocycles. The Kier molecular flexibility index (Phi) is 16.5. The topological polar surface area (TPSA) is 35.5 Å². The van der Waals surface area contributed by atoms with Gasteiger partial charge in [0.15, 0.2) is 0 Å². The molecular weight excluding hydrogens is 681 g/mol. The van der Waals surface area contributed by atoms with E-state index in [2.05, 4.69) is 100 Å². The highest BCUT2D eigenvalue weighted by Gasteiger charge is 2.42. The van der Waals surface area contributed by atoms with Gasteiger partial charge in [0.2, 0.25) is 0 Å². The van der Waals surface area contributed by atoms with E-state index in [4.69, 9.17) is 9.47 Å². The summed E-state index contributed by atoms with van der Waals surface area (Å²) in [5, 5.41) is 0. The Bertz CT molecular complexity index is 1750. The number of aryl methyl sites for hydroxylation is 1. The highest BCUT2D eigenvalue weighted by molar-refractivity contribution is 7.18. The van der Waals surface area contributed by atoms with E-state index in [0.717, 1.165) is 31.6 Å². The van der Waals surface area contributed by atoms with Crippen LogP contribution in [0, 0.1) is 6.92 Å². The van der Waals surface area contributed by atoms with E-state index < -0.39 is 0 Å². The Morgan fingerprint density at radius 2 is 1.13 bits per heavy atom. The average Bonchev–Trinajstić information content (AvgIpc) is 3.77. The first-order valence-corrected chi connectivity index (χ1v) is 22.1. The molecule has 0 bridgehead atoms. The maximum Gasteiger partial charge on any atom is 0.333 e. The maximum absolute atomic E-state index is 11.4. The monoisotopic (exact) mass is 746 g/mol. The van der Waals surface area contributed by atoms with Crippen molar-refractivity contribution in [2.45, 2.75) is 149 Å². The van der Waals surface area contributed by atoms with Gasteiger partial charge in [0.25, 0.3) is 0 Å². The van der Waals surface area contributed by atoms with Crippen molar-refractivity contribution in [2.24, 2.45) is 0 Å². The second-order valence-corrected chi connectivity index (χ2v) is 16.9. The lowest BCUT2D eigenvalue weighted by Gasteiger charge is -2.33. The van der Waals surface area contributed by atoms with Crippen LogP contribution in [0.2, 0.25) is 0 Å². The molecule has 0 N–H and O–H groups in total. The molecule has 1 aliphatic carbocycles. The molecule has 0 fully saturated rings. The summed E-state index contributed by atoms with van der Waals surface area (Å²) in [5.74, 6) is 0.672. The molecule has 1 aliphatic rings. The third-order valence-electron chi connectivity index (χ3n) is 11.3. The number of esters is 1. The molecule has 0 aliphatic heterocycles. The van der Waals surface area contributed by atoms with Gasteiger partial charge in [0, 0.05) is 20.7 Å². The van der Waals surface area contributed by atoms with Crippen LogP contribution in [-0.4, -0.2) is 19.2 Å². The van der Waals surface area contributed by atoms with Gasteiger partial charge in [-0.1, -0.05) is 146 Å². The van der Waals surface area contributed by atoms with Crippen molar-refractivity contribution >= 4 is 17.3 Å². The number of benzene rings is 3. The number of ether oxygens (including phenoxy) is 2. The van der Waals surface area contributed by atoms with Crippen LogP contribution in [-0.2, 0) is 14.9 Å². The molecule has 0 saturated heterocycles. The fraction of sp³-hybridized carbons (Fsp3) is 0.500. The van der Waals surface area contributed by atoms with E-state index in [-0.39, 0.29) is 11.4 Å². The van der Waals surface area contributed by atoms with Crippen LogP contribution >= 0.6 is 11.3 Å². The fourth-order valence-electron chi connectivity index (χ4n) is 8.24. The number of hydrogen-bond acceptors (Lipinski definition) is 4. The lowest BCUT2D eigenvalue weighted by Crippen LogP contribution is -2.25. The summed E-state index contributed by atoms with van der Waals surface area (Å²) in [6.45, 7) is 13.5. The van der Waals surface area contributed by atoms with Gasteiger partial charge in [-0.3, -0.25) is 0 Å². The molecule has 290 valence electrons. The van der Waals surface area contributed by atoms with Gasteiger partial charge in [0.05, 0.1) is 13.2 Å². The molecular formula is C50H66O3S. The Balaban J connectivity index is 1.16. The number of unbranched alkanes of at least 4 members (excludes halogenated alkanes) is 13. The van der Waals surface area contributed by atoms with Crippen molar-refractivity contribution < 1.29 is 14.3 Å². The maximum atomic E-state index is 11.4. The van der Waals surface area contributed by atoms with Gasteiger partial charge >= 0.3 is 5.97 Å². The van der Waals surface area contributed by atoms with E-state index in [1.165, 1.54) is 134 Å². The van der Waals surface area contributed by atoms with E-state index in [1.807, 2.05) is 11.3 Å². The third kappa shape index (κ3) is 11.2. The lowest BCUT2D eigenvalue weighted by molar-refractivity contribution is -0.139. The average molecular weight is 747 g/mol. The molecule has 4 aromatic rings. The van der Waals surface area contributed by atoms with Gasteiger partial charge < -0.3 is 9.47 Å². The standard InChI is InChI=1S/C50H66O3S/c1-6-8-10-18-32-50(33-19-11-9-7-2)45-36-39(5)22-28-43(45)44-29-25-41(37-46(44)50)48-31-30-47(54-48)40-23-26-42(27-24-40)52-34-20-16-14-12-13-15-17-21-35-53-49(51)38(3)4/h22-31,36-37H,3,6-21,32-35H2,1-2,4-5H3. The van der Waals surface area contributed by atoms with Crippen molar-refractivity contribution in [1.29, 1.82) is 0 Å². The highest BCUT2D eigenvalue weighted by atomic mass is 32.1. The predicted octanol–water partition coefficient (Wildman–Crippen LogP) is 15.2. The van der Waals surface area contributed by atoms with Crippen LogP contribution in [0.4, 0.5) is 0 Å². The summed E-state index contributed by atoms with van der Waals surface area (Å²) in [4.78, 5) is 14.1. The summed E-state index contributed by atoms with van der Waals surface area (Å²) < 4.78 is 11.3. The zero-order chi connectivity index (χ0) is 38.2. The minimum Gasteiger partial charge on any atom is -0.494 e. The Morgan fingerprint density at radius 1 is 0.611 bits per heavy atom. The summed E-state index contributed by atoms with van der Waals surface area (Å²) in [5.41, 5.74) is 10.6. The van der Waals surface area contributed by atoms with Crippen LogP contribution in [0.25, 0.3) is 32.0 Å². The fourth-order valence-corrected chi connectivity index (χ4v) is 9.25. The van der Waals surface area contributed by atoms with Crippen LogP contribution in [0.1, 0.15) is 153 Å². The number of fused-ring (bicyclic) bond motifs is 3. The normalized spacial score (nSPS) is 12.7. The van der Waals surface area contributed by atoms with Crippen LogP contribution in [0.5, 0.6) is 5.75 Å². The van der Waals surface area contributed by atoms with Crippen molar-refractivity contribution in [2.75, 3.05) is 13.2 Å². The second kappa shape index (κ2) is 21.5. The number of carbonyl (C=O) groups is 1. The van der Waals surface area contributed by atoms with Crippen LogP contribution in [0.15, 0.2) is 84.9 Å². The number of rotatable bonds is 25. The number of carbonyl (C=O) groups excluding carboxylic acids is 1. The first-order chi connectivity index (χ1) is 26.4. The van der Waals surface area contributed by atoms with E-state index in [9.17, 15) is 4.79 Å². The summed E-state index contributed by atoms with van der Waals surface area (Å²) >= 11 is 1.90. The molecule has 5 rings (SSSR count). The molecule has 54 heavy (non-hydrogen) atoms. The minimum absolute atomic E-state index is 0.106. The Morgan fingerprint density at radius 3 is 1.74 bits per heavy atom. The predicted molar refractivity (Wildman–Crippen MR) is 232 cm³/mol. The third-order valence-corrected chi connectivity index (χ3v) is 12.5. The largest absolute Gasteiger partial charge is 0.494 e. The second-order valence-electron chi connectivity index (χ2n) is 15.8. The Hall–Kier alpha value is -3.63. The molecule has 4 heteroatoms. The van der Waals surface area contributed by atoms with Crippen LogP contribution < -0.4 is 4.74 Å². The molecule has 0 saturated carbocycles. The summed E-state index contributed by atoms with van der Waals surface area (Å²) in [6.07, 6.45) is 22.2. The van der Waals surface area contributed by atoms with Gasteiger partial charge in [-0.15, -0.1) is 11.3 Å². The summed E-state index contributed by atoms with van der Waals surface area (Å²) in [7, 11) is 0. The van der Waals surface area contributed by atoms with E-state index in [0.29, 0.717) is 12.2 Å². The van der Waals surface area contributed by atoms with E-state index in [1.54, 1.807) is 18.1 Å². The molecule has 0 atom stereocenters. The molecule has 0 spiro atoms. The molecule has 3 nitrogen and oxygen atoms in total. The van der Waals surface area contributed by atoms with Gasteiger partial charge in [-0.25, -0.2) is 4.79 Å². The van der Waals surface area contributed by atoms with Crippen LogP contribution in [0.3, 0.4) is 0 Å². The van der Waals surface area contributed by atoms with Gasteiger partial charge in [-0.2, -0.15) is 0 Å². The zero-order valence-electron chi connectivity index (χ0n) is 33.9. The van der Waals surface area contributed by atoms with Crippen molar-refractivity contribution in [3.63, 3.8) is 0 Å². The molecule has 0 radical (unpaired) electrons. The molecule has 0 amide bonds. The lowest BCUT2D eigenvalue weighted by atomic mass is 9.70. The summed E-state index contributed by atoms with van der Waals surface area (Å²) in [6, 6.07) is 27.9. The van der Waals surface area contributed by atoms with Crippen molar-refractivity contribution in [3.05, 3.63) is 102 Å². The molecule has 1 heterocycles. The van der Waals surface area contributed by atoms with Gasteiger partial charge in [0.1, 0.15) is 5.75 Å². The first kappa shape index (κ1) is 41.5. The smallest absolute Gasteiger partial charge is 0.333 e. The van der Waals surface area contributed by atoms with Crippen molar-refractivity contribution in [1.82, 2.24) is 0 Å². The number of hydrogen-bond donors (Lipinski definition) is 0. The minimum atomic E-state index is -0.278. The zero-order valence-corrected chi connectivity index (χ0v) is 34.7. The van der Waals surface area contributed by atoms with Crippen molar-refractivity contribution in [3.8, 4) is 37.8 Å². The quantitative estimate of drug-likeness (QED) is 0.0385. The SMILES string of the molecule is C=C(C)C(=O)OCCCCCCCCCCOc1ccc(-c2ccc(-c3ccc4c(c3)C(CCCCCC)(CCCCCC)c3cc(C)ccc3-4)s2)cc1. The molecule has 0 unspecified atom stereocenters. The number of thiophene rings is 1. The first-order valence-electron chi connectivity index (χ1n) is 21.3. The Labute approximate surface area is 331 Å². The van der Waals surface area contributed by atoms with E-state index >= 15 is 0 Å². The van der Waals surface area contributed by atoms with Gasteiger partial charge in [-0.05, 0) is 115 Å².